The molecule has 2 rings (SSSR count). The van der Waals surface area contributed by atoms with Crippen LogP contribution in [0.15, 0.2) is 11.4 Å². The lowest BCUT2D eigenvalue weighted by Gasteiger charge is -2.11. The van der Waals surface area contributed by atoms with Gasteiger partial charge in [0, 0.05) is 23.7 Å². The summed E-state index contributed by atoms with van der Waals surface area (Å²) in [5.74, 6) is 0. The Morgan fingerprint density at radius 3 is 2.61 bits per heavy atom. The van der Waals surface area contributed by atoms with E-state index >= 15 is 0 Å². The molecule has 0 fully saturated rings. The minimum absolute atomic E-state index is 0.143. The summed E-state index contributed by atoms with van der Waals surface area (Å²) >= 11 is 1.76. The molecule has 3 nitrogen and oxygen atoms in total. The maximum Gasteiger partial charge on any atom is 0.0628 e. The summed E-state index contributed by atoms with van der Waals surface area (Å²) in [4.78, 5) is 1.31. The number of nitrogens with zero attached hydrogens (tertiary/aromatic N) is 2. The third-order valence-corrected chi connectivity index (χ3v) is 4.75. The molecule has 0 aliphatic carbocycles. The molecule has 0 saturated heterocycles. The Labute approximate surface area is 113 Å². The van der Waals surface area contributed by atoms with Gasteiger partial charge in [-0.3, -0.25) is 4.68 Å². The molecule has 0 saturated carbocycles. The molecule has 1 unspecified atom stereocenters. The lowest BCUT2D eigenvalue weighted by atomic mass is 10.0. The van der Waals surface area contributed by atoms with Crippen molar-refractivity contribution in [1.82, 2.24) is 9.78 Å². The summed E-state index contributed by atoms with van der Waals surface area (Å²) in [7, 11) is 2.00. The zero-order valence-corrected chi connectivity index (χ0v) is 12.3. The van der Waals surface area contributed by atoms with Gasteiger partial charge >= 0.3 is 0 Å². The van der Waals surface area contributed by atoms with Gasteiger partial charge in [-0.1, -0.05) is 0 Å². The third-order valence-electron chi connectivity index (χ3n) is 3.60. The van der Waals surface area contributed by atoms with Gasteiger partial charge in [0.05, 0.1) is 5.69 Å². The van der Waals surface area contributed by atoms with Crippen LogP contribution in [0.25, 0.3) is 0 Å². The van der Waals surface area contributed by atoms with E-state index in [1.54, 1.807) is 11.3 Å². The largest absolute Gasteiger partial charge is 0.323 e. The van der Waals surface area contributed by atoms with Crippen LogP contribution in [0.1, 0.15) is 39.9 Å². The molecule has 2 N–H and O–H groups in total. The SMILES string of the molecule is Cc1ccsc1C(N)CCc1c(C)nn(C)c1C. The van der Waals surface area contributed by atoms with Crippen molar-refractivity contribution in [3.8, 4) is 0 Å². The molecule has 98 valence electrons. The van der Waals surface area contributed by atoms with Gasteiger partial charge in [0.15, 0.2) is 0 Å². The molecule has 1 atom stereocenters. The summed E-state index contributed by atoms with van der Waals surface area (Å²) in [6.45, 7) is 6.33. The van der Waals surface area contributed by atoms with Crippen LogP contribution in [0, 0.1) is 20.8 Å². The predicted octanol–water partition coefficient (Wildman–Crippen LogP) is 3.04. The van der Waals surface area contributed by atoms with Crippen molar-refractivity contribution in [3.05, 3.63) is 38.8 Å². The first-order valence-corrected chi connectivity index (χ1v) is 7.17. The summed E-state index contributed by atoms with van der Waals surface area (Å²) in [5, 5.41) is 6.56. The number of aryl methyl sites for hydroxylation is 3. The highest BCUT2D eigenvalue weighted by atomic mass is 32.1. The molecule has 2 aromatic rings. The first kappa shape index (κ1) is 13.3. The molecular weight excluding hydrogens is 242 g/mol. The molecule has 4 heteroatoms. The Morgan fingerprint density at radius 1 is 1.39 bits per heavy atom. The summed E-state index contributed by atoms with van der Waals surface area (Å²) in [6, 6.07) is 2.28. The summed E-state index contributed by atoms with van der Waals surface area (Å²) in [6.07, 6.45) is 1.98. The Morgan fingerprint density at radius 2 is 2.11 bits per heavy atom. The van der Waals surface area contributed by atoms with E-state index in [2.05, 4.69) is 37.3 Å². The zero-order chi connectivity index (χ0) is 13.3. The molecule has 0 amide bonds. The van der Waals surface area contributed by atoms with Crippen LogP contribution in [0.5, 0.6) is 0 Å². The van der Waals surface area contributed by atoms with Crippen molar-refractivity contribution in [2.75, 3.05) is 0 Å². The smallest absolute Gasteiger partial charge is 0.0628 e. The lowest BCUT2D eigenvalue weighted by Crippen LogP contribution is -2.11. The fourth-order valence-corrected chi connectivity index (χ4v) is 3.34. The fourth-order valence-electron chi connectivity index (χ4n) is 2.37. The van der Waals surface area contributed by atoms with Crippen LogP contribution in [-0.2, 0) is 13.5 Å². The van der Waals surface area contributed by atoms with E-state index in [0.29, 0.717) is 0 Å². The maximum absolute atomic E-state index is 6.28. The Hall–Kier alpha value is -1.13. The predicted molar refractivity (Wildman–Crippen MR) is 77.0 cm³/mol. The van der Waals surface area contributed by atoms with Crippen LogP contribution < -0.4 is 5.73 Å². The van der Waals surface area contributed by atoms with Crippen molar-refractivity contribution >= 4 is 11.3 Å². The van der Waals surface area contributed by atoms with Crippen molar-refractivity contribution in [3.63, 3.8) is 0 Å². The molecule has 0 radical (unpaired) electrons. The Kier molecular flexibility index (Phi) is 3.88. The lowest BCUT2D eigenvalue weighted by molar-refractivity contribution is 0.654. The van der Waals surface area contributed by atoms with Gasteiger partial charge in [0.1, 0.15) is 0 Å². The fraction of sp³-hybridized carbons (Fsp3) is 0.500. The molecule has 0 aromatic carbocycles. The summed E-state index contributed by atoms with van der Waals surface area (Å²) < 4.78 is 1.95. The average Bonchev–Trinajstić information content (AvgIpc) is 2.83. The summed E-state index contributed by atoms with van der Waals surface area (Å²) in [5.41, 5.74) is 11.3. The highest BCUT2D eigenvalue weighted by Gasteiger charge is 2.14. The number of aromatic nitrogens is 2. The second-order valence-corrected chi connectivity index (χ2v) is 5.83. The van der Waals surface area contributed by atoms with Gasteiger partial charge in [0.2, 0.25) is 0 Å². The van der Waals surface area contributed by atoms with Crippen LogP contribution in [-0.4, -0.2) is 9.78 Å². The first-order chi connectivity index (χ1) is 8.50. The second kappa shape index (κ2) is 5.24. The molecule has 0 aliphatic rings. The standard InChI is InChI=1S/C14H21N3S/c1-9-7-8-18-14(9)13(15)6-5-12-10(2)16-17(4)11(12)3/h7-8,13H,5-6,15H2,1-4H3. The van der Waals surface area contributed by atoms with E-state index in [1.165, 1.54) is 21.7 Å². The number of rotatable bonds is 4. The molecule has 18 heavy (non-hydrogen) atoms. The van der Waals surface area contributed by atoms with Gasteiger partial charge in [-0.25, -0.2) is 0 Å². The minimum atomic E-state index is 0.143. The topological polar surface area (TPSA) is 43.8 Å². The second-order valence-electron chi connectivity index (χ2n) is 4.89. The van der Waals surface area contributed by atoms with Gasteiger partial charge in [-0.2, -0.15) is 5.10 Å². The van der Waals surface area contributed by atoms with E-state index in [9.17, 15) is 0 Å². The Balaban J connectivity index is 2.06. The molecule has 0 bridgehead atoms. The normalized spacial score (nSPS) is 12.9. The van der Waals surface area contributed by atoms with Crippen LogP contribution in [0.3, 0.4) is 0 Å². The van der Waals surface area contributed by atoms with Crippen LogP contribution in [0.2, 0.25) is 0 Å². The van der Waals surface area contributed by atoms with E-state index < -0.39 is 0 Å². The van der Waals surface area contributed by atoms with Crippen LogP contribution >= 0.6 is 11.3 Å². The molecular formula is C14H21N3S. The number of hydrogen-bond acceptors (Lipinski definition) is 3. The van der Waals surface area contributed by atoms with Crippen molar-refractivity contribution in [2.24, 2.45) is 12.8 Å². The van der Waals surface area contributed by atoms with E-state index in [0.717, 1.165) is 18.5 Å². The molecule has 0 spiro atoms. The molecule has 0 aliphatic heterocycles. The highest BCUT2D eigenvalue weighted by Crippen LogP contribution is 2.26. The van der Waals surface area contributed by atoms with E-state index in [4.69, 9.17) is 5.73 Å². The van der Waals surface area contributed by atoms with Crippen molar-refractivity contribution in [2.45, 2.75) is 39.7 Å². The van der Waals surface area contributed by atoms with Gasteiger partial charge < -0.3 is 5.73 Å². The monoisotopic (exact) mass is 263 g/mol. The van der Waals surface area contributed by atoms with Gasteiger partial charge in [-0.05, 0) is 56.2 Å². The number of nitrogens with two attached hydrogens (primary N) is 1. The van der Waals surface area contributed by atoms with Gasteiger partial charge in [0.25, 0.3) is 0 Å². The van der Waals surface area contributed by atoms with E-state index in [-0.39, 0.29) is 6.04 Å². The first-order valence-electron chi connectivity index (χ1n) is 6.29. The molecule has 2 heterocycles. The maximum atomic E-state index is 6.28. The third kappa shape index (κ3) is 2.49. The minimum Gasteiger partial charge on any atom is -0.323 e. The van der Waals surface area contributed by atoms with E-state index in [1.807, 2.05) is 11.7 Å². The van der Waals surface area contributed by atoms with Gasteiger partial charge in [-0.15, -0.1) is 11.3 Å². The quantitative estimate of drug-likeness (QED) is 0.921. The van der Waals surface area contributed by atoms with Crippen molar-refractivity contribution < 1.29 is 0 Å². The zero-order valence-electron chi connectivity index (χ0n) is 11.5. The van der Waals surface area contributed by atoms with Crippen LogP contribution in [0.4, 0.5) is 0 Å². The average molecular weight is 263 g/mol. The Bertz CT molecular complexity index is 539. The highest BCUT2D eigenvalue weighted by molar-refractivity contribution is 7.10. The molecule has 2 aromatic heterocycles. The number of thiophene rings is 1. The van der Waals surface area contributed by atoms with Crippen molar-refractivity contribution in [1.29, 1.82) is 0 Å². The number of hydrogen-bond donors (Lipinski definition) is 1.